The number of hydrogen-bond donors (Lipinski definition) is 0. The lowest BCUT2D eigenvalue weighted by atomic mass is 9.85. The summed E-state index contributed by atoms with van der Waals surface area (Å²) < 4.78 is 6.35. The molecule has 1 aromatic carbocycles. The van der Waals surface area contributed by atoms with Crippen molar-refractivity contribution in [2.45, 2.75) is 51.6 Å². The van der Waals surface area contributed by atoms with Gasteiger partial charge in [0.1, 0.15) is 18.1 Å². The summed E-state index contributed by atoms with van der Waals surface area (Å²) in [7, 11) is 0. The van der Waals surface area contributed by atoms with E-state index < -0.39 is 0 Å². The van der Waals surface area contributed by atoms with E-state index in [1.54, 1.807) is 0 Å². The average Bonchev–Trinajstić information content (AvgIpc) is 2.67. The predicted octanol–water partition coefficient (Wildman–Crippen LogP) is 5.97. The number of ether oxygens (including phenoxy) is 1. The first-order valence-electron chi connectivity index (χ1n) is 9.12. The van der Waals surface area contributed by atoms with E-state index in [1.807, 2.05) is 6.07 Å². The zero-order valence-corrected chi connectivity index (χ0v) is 14.4. The standard InChI is InChI=1S/C22H27NO/c1-23-21(19-13-7-3-8-14-19)22(20-15-9-4-10-16-20)24-17-18-11-5-2-6-12-18/h2-3,5-7,11-13,20H,1,4,8-10,14-17H2/b22-21-. The van der Waals surface area contributed by atoms with Crippen LogP contribution < -0.4 is 0 Å². The molecule has 1 fully saturated rings. The van der Waals surface area contributed by atoms with E-state index in [0.717, 1.165) is 24.3 Å². The molecule has 24 heavy (non-hydrogen) atoms. The molecule has 3 rings (SSSR count). The van der Waals surface area contributed by atoms with Gasteiger partial charge in [-0.1, -0.05) is 67.8 Å². The van der Waals surface area contributed by atoms with Crippen LogP contribution >= 0.6 is 0 Å². The van der Waals surface area contributed by atoms with E-state index in [1.165, 1.54) is 43.2 Å². The summed E-state index contributed by atoms with van der Waals surface area (Å²) in [6, 6.07) is 10.4. The van der Waals surface area contributed by atoms with Gasteiger partial charge in [-0.25, -0.2) is 0 Å². The SMILES string of the molecule is C=N/C(C1=CC=CCC1)=C(\OCc1ccccc1)C1CCCCC1. The fourth-order valence-corrected chi connectivity index (χ4v) is 3.62. The lowest BCUT2D eigenvalue weighted by Gasteiger charge is -2.27. The largest absolute Gasteiger partial charge is 0.491 e. The van der Waals surface area contributed by atoms with Gasteiger partial charge < -0.3 is 4.74 Å². The van der Waals surface area contributed by atoms with Crippen LogP contribution in [-0.2, 0) is 11.3 Å². The molecule has 1 saturated carbocycles. The molecular weight excluding hydrogens is 294 g/mol. The summed E-state index contributed by atoms with van der Waals surface area (Å²) >= 11 is 0. The second kappa shape index (κ2) is 8.68. The van der Waals surface area contributed by atoms with Crippen LogP contribution in [0.1, 0.15) is 50.5 Å². The van der Waals surface area contributed by atoms with E-state index in [4.69, 9.17) is 4.74 Å². The smallest absolute Gasteiger partial charge is 0.125 e. The Morgan fingerprint density at radius 2 is 1.92 bits per heavy atom. The molecule has 126 valence electrons. The molecule has 0 spiro atoms. The van der Waals surface area contributed by atoms with Crippen molar-refractivity contribution in [2.75, 3.05) is 0 Å². The quantitative estimate of drug-likeness (QED) is 0.467. The maximum absolute atomic E-state index is 6.35. The topological polar surface area (TPSA) is 21.6 Å². The fourth-order valence-electron chi connectivity index (χ4n) is 3.62. The maximum Gasteiger partial charge on any atom is 0.125 e. The van der Waals surface area contributed by atoms with Crippen LogP contribution in [0.2, 0.25) is 0 Å². The summed E-state index contributed by atoms with van der Waals surface area (Å²) in [5, 5.41) is 0. The molecule has 0 heterocycles. The number of hydrogen-bond acceptors (Lipinski definition) is 2. The van der Waals surface area contributed by atoms with Crippen LogP contribution in [-0.4, -0.2) is 6.72 Å². The Morgan fingerprint density at radius 1 is 1.12 bits per heavy atom. The van der Waals surface area contributed by atoms with Crippen molar-refractivity contribution >= 4 is 6.72 Å². The molecule has 2 aliphatic carbocycles. The second-order valence-corrected chi connectivity index (χ2v) is 6.64. The van der Waals surface area contributed by atoms with Crippen LogP contribution in [0, 0.1) is 5.92 Å². The van der Waals surface area contributed by atoms with Gasteiger partial charge in [0.25, 0.3) is 0 Å². The van der Waals surface area contributed by atoms with Crippen LogP contribution in [0.5, 0.6) is 0 Å². The lowest BCUT2D eigenvalue weighted by Crippen LogP contribution is -2.14. The van der Waals surface area contributed by atoms with Crippen LogP contribution in [0.15, 0.2) is 70.6 Å². The summed E-state index contributed by atoms with van der Waals surface area (Å²) in [4.78, 5) is 4.40. The van der Waals surface area contributed by atoms with Gasteiger partial charge in [-0.3, -0.25) is 4.99 Å². The third-order valence-corrected chi connectivity index (χ3v) is 4.92. The summed E-state index contributed by atoms with van der Waals surface area (Å²) in [5.41, 5.74) is 3.45. The fraction of sp³-hybridized carbons (Fsp3) is 0.409. The molecule has 0 amide bonds. The highest BCUT2D eigenvalue weighted by Crippen LogP contribution is 2.36. The first-order chi connectivity index (χ1) is 11.9. The molecule has 0 bridgehead atoms. The van der Waals surface area contributed by atoms with Crippen LogP contribution in [0.3, 0.4) is 0 Å². The lowest BCUT2D eigenvalue weighted by molar-refractivity contribution is 0.145. The molecular formula is C22H27NO. The molecule has 2 heteroatoms. The third-order valence-electron chi connectivity index (χ3n) is 4.92. The Bertz CT molecular complexity index is 633. The van der Waals surface area contributed by atoms with Crippen molar-refractivity contribution in [2.24, 2.45) is 10.9 Å². The Morgan fingerprint density at radius 3 is 2.58 bits per heavy atom. The molecule has 2 nitrogen and oxygen atoms in total. The van der Waals surface area contributed by atoms with Gasteiger partial charge in [-0.05, 0) is 43.5 Å². The Balaban J connectivity index is 1.87. The van der Waals surface area contributed by atoms with Gasteiger partial charge >= 0.3 is 0 Å². The molecule has 0 aromatic heterocycles. The molecule has 0 aliphatic heterocycles. The van der Waals surface area contributed by atoms with E-state index in [9.17, 15) is 0 Å². The zero-order chi connectivity index (χ0) is 16.6. The van der Waals surface area contributed by atoms with Gasteiger partial charge in [-0.15, -0.1) is 0 Å². The highest BCUT2D eigenvalue weighted by atomic mass is 16.5. The Labute approximate surface area is 145 Å². The van der Waals surface area contributed by atoms with Crippen molar-refractivity contribution in [1.82, 2.24) is 0 Å². The Kier molecular flexibility index (Phi) is 6.06. The van der Waals surface area contributed by atoms with Crippen molar-refractivity contribution in [3.63, 3.8) is 0 Å². The average molecular weight is 321 g/mol. The highest BCUT2D eigenvalue weighted by Gasteiger charge is 2.24. The second-order valence-electron chi connectivity index (χ2n) is 6.64. The zero-order valence-electron chi connectivity index (χ0n) is 14.4. The molecule has 0 atom stereocenters. The minimum atomic E-state index is 0.481. The number of allylic oxidation sites excluding steroid dienone is 5. The van der Waals surface area contributed by atoms with Gasteiger partial charge in [0, 0.05) is 5.92 Å². The highest BCUT2D eigenvalue weighted by molar-refractivity contribution is 5.43. The normalized spacial score (nSPS) is 19.4. The first kappa shape index (κ1) is 16.8. The minimum absolute atomic E-state index is 0.481. The van der Waals surface area contributed by atoms with Crippen molar-refractivity contribution in [1.29, 1.82) is 0 Å². The molecule has 0 N–H and O–H groups in total. The van der Waals surface area contributed by atoms with E-state index in [-0.39, 0.29) is 0 Å². The molecule has 0 unspecified atom stereocenters. The molecule has 0 saturated heterocycles. The number of benzene rings is 1. The predicted molar refractivity (Wildman–Crippen MR) is 101 cm³/mol. The minimum Gasteiger partial charge on any atom is -0.491 e. The Hall–Kier alpha value is -2.09. The van der Waals surface area contributed by atoms with Gasteiger partial charge in [0.05, 0.1) is 0 Å². The van der Waals surface area contributed by atoms with E-state index in [2.05, 4.69) is 54.2 Å². The first-order valence-corrected chi connectivity index (χ1v) is 9.12. The molecule has 2 aliphatic rings. The maximum atomic E-state index is 6.35. The van der Waals surface area contributed by atoms with Crippen LogP contribution in [0.4, 0.5) is 0 Å². The van der Waals surface area contributed by atoms with E-state index >= 15 is 0 Å². The summed E-state index contributed by atoms with van der Waals surface area (Å²) in [6.07, 6.45) is 14.9. The monoisotopic (exact) mass is 321 g/mol. The number of rotatable bonds is 6. The van der Waals surface area contributed by atoms with Gasteiger partial charge in [0.2, 0.25) is 0 Å². The summed E-state index contributed by atoms with van der Waals surface area (Å²) in [5.74, 6) is 1.55. The van der Waals surface area contributed by atoms with Crippen LogP contribution in [0.25, 0.3) is 0 Å². The van der Waals surface area contributed by atoms with Gasteiger partial charge in [-0.2, -0.15) is 0 Å². The van der Waals surface area contributed by atoms with Crippen molar-refractivity contribution < 1.29 is 4.74 Å². The van der Waals surface area contributed by atoms with Gasteiger partial charge in [0.15, 0.2) is 0 Å². The number of aliphatic imine (C=N–C) groups is 1. The van der Waals surface area contributed by atoms with Crippen molar-refractivity contribution in [3.8, 4) is 0 Å². The van der Waals surface area contributed by atoms with Crippen molar-refractivity contribution in [3.05, 3.63) is 71.2 Å². The third kappa shape index (κ3) is 4.25. The summed E-state index contributed by atoms with van der Waals surface area (Å²) in [6.45, 7) is 4.46. The molecule has 1 aromatic rings. The number of nitrogens with zero attached hydrogens (tertiary/aromatic N) is 1. The molecule has 0 radical (unpaired) electrons. The van der Waals surface area contributed by atoms with E-state index in [0.29, 0.717) is 12.5 Å².